The Morgan fingerprint density at radius 1 is 0.971 bits per heavy atom. The Labute approximate surface area is 202 Å². The average Bonchev–Trinajstić information content (AvgIpc) is 3.26. The third-order valence-corrected chi connectivity index (χ3v) is 7.14. The molecule has 3 aromatic carbocycles. The average molecular weight is 473 g/mol. The van der Waals surface area contributed by atoms with E-state index in [0.29, 0.717) is 24.1 Å². The number of thioether (sulfide) groups is 1. The molecule has 0 saturated heterocycles. The molecule has 1 unspecified atom stereocenters. The quantitative estimate of drug-likeness (QED) is 0.362. The van der Waals surface area contributed by atoms with Gasteiger partial charge in [-0.2, -0.15) is 0 Å². The molecule has 0 aliphatic carbocycles. The molecule has 0 bridgehead atoms. The lowest BCUT2D eigenvalue weighted by Gasteiger charge is -2.30. The highest BCUT2D eigenvalue weighted by molar-refractivity contribution is 8.00. The van der Waals surface area contributed by atoms with Gasteiger partial charge in [-0.25, -0.2) is 4.39 Å². The van der Waals surface area contributed by atoms with Crippen LogP contribution in [0.5, 0.6) is 0 Å². The molecule has 0 fully saturated rings. The van der Waals surface area contributed by atoms with Crippen molar-refractivity contribution in [1.29, 1.82) is 0 Å². The molecule has 1 aliphatic rings. The number of aromatic nitrogens is 3. The van der Waals surface area contributed by atoms with E-state index in [9.17, 15) is 9.18 Å². The van der Waals surface area contributed by atoms with E-state index in [0.717, 1.165) is 24.1 Å². The standard InChI is InChI=1S/C27H25FN4OS/c1-19(26(33)31-16-15-21-9-5-6-10-23(21)18-31)34-27-30-29-25(22-11-13-24(28)14-12-22)32(27)17-20-7-3-2-4-8-20/h2-14,19H,15-18H2,1H3. The van der Waals surface area contributed by atoms with Crippen molar-refractivity contribution >= 4 is 17.7 Å². The highest BCUT2D eigenvalue weighted by atomic mass is 32.2. The SMILES string of the molecule is CC(Sc1nnc(-c2ccc(F)cc2)n1Cc1ccccc1)C(=O)N1CCc2ccccc2C1. The van der Waals surface area contributed by atoms with Gasteiger partial charge in [0.15, 0.2) is 11.0 Å². The molecule has 1 aromatic heterocycles. The normalized spacial score (nSPS) is 14.0. The van der Waals surface area contributed by atoms with Gasteiger partial charge in [0.1, 0.15) is 5.82 Å². The van der Waals surface area contributed by atoms with Crippen molar-refractivity contribution < 1.29 is 9.18 Å². The van der Waals surface area contributed by atoms with Crippen molar-refractivity contribution in [1.82, 2.24) is 19.7 Å². The van der Waals surface area contributed by atoms with Gasteiger partial charge < -0.3 is 4.90 Å². The van der Waals surface area contributed by atoms with Crippen LogP contribution in [0.25, 0.3) is 11.4 Å². The molecular formula is C27H25FN4OS. The van der Waals surface area contributed by atoms with Gasteiger partial charge in [0.2, 0.25) is 5.91 Å². The number of fused-ring (bicyclic) bond motifs is 1. The van der Waals surface area contributed by atoms with Crippen LogP contribution < -0.4 is 0 Å². The first kappa shape index (κ1) is 22.3. The summed E-state index contributed by atoms with van der Waals surface area (Å²) in [5.41, 5.74) is 4.41. The number of carbonyl (C=O) groups excluding carboxylic acids is 1. The van der Waals surface area contributed by atoms with Gasteiger partial charge in [-0.15, -0.1) is 10.2 Å². The highest BCUT2D eigenvalue weighted by Gasteiger charge is 2.27. The molecule has 0 saturated carbocycles. The zero-order valence-electron chi connectivity index (χ0n) is 18.9. The minimum absolute atomic E-state index is 0.0945. The van der Waals surface area contributed by atoms with Gasteiger partial charge >= 0.3 is 0 Å². The Bertz CT molecular complexity index is 1290. The molecule has 5 nitrogen and oxygen atoms in total. The summed E-state index contributed by atoms with van der Waals surface area (Å²) in [6, 6.07) is 24.6. The zero-order chi connectivity index (χ0) is 23.5. The van der Waals surface area contributed by atoms with Crippen LogP contribution in [-0.2, 0) is 24.3 Å². The number of benzene rings is 3. The van der Waals surface area contributed by atoms with Crippen LogP contribution in [0.2, 0.25) is 0 Å². The molecule has 0 N–H and O–H groups in total. The number of rotatable bonds is 6. The third kappa shape index (κ3) is 4.75. The van der Waals surface area contributed by atoms with Gasteiger partial charge in [-0.3, -0.25) is 9.36 Å². The minimum atomic E-state index is -0.315. The summed E-state index contributed by atoms with van der Waals surface area (Å²) >= 11 is 1.42. The van der Waals surface area contributed by atoms with E-state index in [1.165, 1.54) is 35.0 Å². The second-order valence-corrected chi connectivity index (χ2v) is 9.73. The molecule has 0 radical (unpaired) electrons. The minimum Gasteiger partial charge on any atom is -0.337 e. The largest absolute Gasteiger partial charge is 0.337 e. The van der Waals surface area contributed by atoms with E-state index in [-0.39, 0.29) is 17.0 Å². The lowest BCUT2D eigenvalue weighted by atomic mass is 10.00. The molecule has 2 heterocycles. The maximum Gasteiger partial charge on any atom is 0.236 e. The molecule has 0 spiro atoms. The van der Waals surface area contributed by atoms with Crippen LogP contribution in [0, 0.1) is 5.82 Å². The number of carbonyl (C=O) groups is 1. The monoisotopic (exact) mass is 472 g/mol. The topological polar surface area (TPSA) is 51.0 Å². The van der Waals surface area contributed by atoms with Gasteiger partial charge in [0.25, 0.3) is 0 Å². The number of hydrogen-bond donors (Lipinski definition) is 0. The number of amides is 1. The van der Waals surface area contributed by atoms with E-state index >= 15 is 0 Å². The molecule has 7 heteroatoms. The highest BCUT2D eigenvalue weighted by Crippen LogP contribution is 2.30. The summed E-state index contributed by atoms with van der Waals surface area (Å²) in [4.78, 5) is 15.2. The molecule has 34 heavy (non-hydrogen) atoms. The summed E-state index contributed by atoms with van der Waals surface area (Å²) in [7, 11) is 0. The fourth-order valence-corrected chi connectivity index (χ4v) is 5.18. The third-order valence-electron chi connectivity index (χ3n) is 6.08. The van der Waals surface area contributed by atoms with E-state index in [4.69, 9.17) is 0 Å². The lowest BCUT2D eigenvalue weighted by molar-refractivity contribution is -0.131. The van der Waals surface area contributed by atoms with Crippen LogP contribution >= 0.6 is 11.8 Å². The van der Waals surface area contributed by atoms with Crippen LogP contribution in [0.4, 0.5) is 4.39 Å². The molecule has 5 rings (SSSR count). The van der Waals surface area contributed by atoms with Crippen molar-refractivity contribution in [2.45, 2.75) is 36.8 Å². The Morgan fingerprint density at radius 3 is 2.44 bits per heavy atom. The first-order valence-corrected chi connectivity index (χ1v) is 12.2. The van der Waals surface area contributed by atoms with E-state index in [2.05, 4.69) is 22.3 Å². The van der Waals surface area contributed by atoms with E-state index < -0.39 is 0 Å². The Hall–Kier alpha value is -3.45. The molecule has 4 aromatic rings. The number of nitrogens with zero attached hydrogens (tertiary/aromatic N) is 4. The van der Waals surface area contributed by atoms with Gasteiger partial charge in [-0.05, 0) is 54.3 Å². The van der Waals surface area contributed by atoms with Crippen LogP contribution in [0.1, 0.15) is 23.6 Å². The van der Waals surface area contributed by atoms with Crippen molar-refractivity contribution in [3.05, 3.63) is 101 Å². The first-order valence-electron chi connectivity index (χ1n) is 11.3. The Kier molecular flexibility index (Phi) is 6.45. The Balaban J connectivity index is 1.39. The Morgan fingerprint density at radius 2 is 1.68 bits per heavy atom. The summed E-state index contributed by atoms with van der Waals surface area (Å²) in [5, 5.41) is 9.19. The molecule has 1 amide bonds. The fraction of sp³-hybridized carbons (Fsp3) is 0.222. The van der Waals surface area contributed by atoms with Crippen LogP contribution in [-0.4, -0.2) is 37.4 Å². The maximum atomic E-state index is 13.5. The van der Waals surface area contributed by atoms with Crippen molar-refractivity contribution in [2.75, 3.05) is 6.54 Å². The van der Waals surface area contributed by atoms with Crippen LogP contribution in [0.15, 0.2) is 84.0 Å². The fourth-order valence-electron chi connectivity index (χ4n) is 4.25. The number of halogens is 1. The van der Waals surface area contributed by atoms with E-state index in [1.54, 1.807) is 12.1 Å². The van der Waals surface area contributed by atoms with Crippen molar-refractivity contribution in [3.63, 3.8) is 0 Å². The smallest absolute Gasteiger partial charge is 0.236 e. The number of hydrogen-bond acceptors (Lipinski definition) is 4. The van der Waals surface area contributed by atoms with Crippen molar-refractivity contribution in [3.8, 4) is 11.4 Å². The summed E-state index contributed by atoms with van der Waals surface area (Å²) in [6.07, 6.45) is 0.873. The molecule has 172 valence electrons. The maximum absolute atomic E-state index is 13.5. The summed E-state index contributed by atoms with van der Waals surface area (Å²) in [6.45, 7) is 3.84. The van der Waals surface area contributed by atoms with Gasteiger partial charge in [-0.1, -0.05) is 66.4 Å². The van der Waals surface area contributed by atoms with E-state index in [1.807, 2.05) is 58.9 Å². The second kappa shape index (κ2) is 9.81. The molecule has 1 aliphatic heterocycles. The van der Waals surface area contributed by atoms with Crippen LogP contribution in [0.3, 0.4) is 0 Å². The van der Waals surface area contributed by atoms with Gasteiger partial charge in [0.05, 0.1) is 11.8 Å². The molecule has 1 atom stereocenters. The first-order chi connectivity index (χ1) is 16.6. The lowest BCUT2D eigenvalue weighted by Crippen LogP contribution is -2.40. The molecular weight excluding hydrogens is 447 g/mol. The summed E-state index contributed by atoms with van der Waals surface area (Å²) < 4.78 is 15.5. The predicted octanol–water partition coefficient (Wildman–Crippen LogP) is 5.20. The van der Waals surface area contributed by atoms with Crippen molar-refractivity contribution in [2.24, 2.45) is 0 Å². The second-order valence-electron chi connectivity index (χ2n) is 8.42. The predicted molar refractivity (Wildman–Crippen MR) is 132 cm³/mol. The summed E-state index contributed by atoms with van der Waals surface area (Å²) in [5.74, 6) is 0.449. The zero-order valence-corrected chi connectivity index (χ0v) is 19.7. The van der Waals surface area contributed by atoms with Gasteiger partial charge in [0, 0.05) is 18.7 Å².